The monoisotopic (exact) mass is 418 g/mol. The summed E-state index contributed by atoms with van der Waals surface area (Å²) in [6.07, 6.45) is -10.2. The zero-order valence-electron chi connectivity index (χ0n) is 12.4. The Morgan fingerprint density at radius 2 is 1.42 bits per heavy atom. The van der Waals surface area contributed by atoms with Crippen molar-refractivity contribution in [3.63, 3.8) is 0 Å². The zero-order chi connectivity index (χ0) is 19.9. The number of sulfonamides is 1. The average Bonchev–Trinajstić information content (AvgIpc) is 2.47. The van der Waals surface area contributed by atoms with E-state index in [2.05, 4.69) is 0 Å². The normalized spacial score (nSPS) is 12.9. The lowest BCUT2D eigenvalue weighted by Crippen LogP contribution is -2.17. The maximum atomic E-state index is 12.8. The third-order valence-electron chi connectivity index (χ3n) is 3.14. The lowest BCUT2D eigenvalue weighted by molar-refractivity contribution is -0.143. The summed E-state index contributed by atoms with van der Waals surface area (Å²) in [5, 5.41) is -0.145. The Balaban J connectivity index is 2.56. The molecule has 0 saturated heterocycles. The molecule has 4 nitrogen and oxygen atoms in total. The highest BCUT2D eigenvalue weighted by Gasteiger charge is 2.37. The van der Waals surface area contributed by atoms with E-state index < -0.39 is 49.8 Å². The fourth-order valence-corrected chi connectivity index (χ4v) is 3.40. The van der Waals surface area contributed by atoms with Gasteiger partial charge in [-0.15, -0.1) is 0 Å². The van der Waals surface area contributed by atoms with Crippen molar-refractivity contribution in [2.75, 3.05) is 10.5 Å². The van der Waals surface area contributed by atoms with Gasteiger partial charge in [0, 0.05) is 0 Å². The highest BCUT2D eigenvalue weighted by molar-refractivity contribution is 7.92. The first-order valence-corrected chi connectivity index (χ1v) is 8.44. The van der Waals surface area contributed by atoms with Crippen LogP contribution in [0.5, 0.6) is 0 Å². The van der Waals surface area contributed by atoms with E-state index in [0.29, 0.717) is 0 Å². The minimum absolute atomic E-state index is 0.119. The van der Waals surface area contributed by atoms with Crippen molar-refractivity contribution in [2.24, 2.45) is 0 Å². The molecule has 0 aliphatic rings. The first-order chi connectivity index (χ1) is 11.7. The smallest absolute Gasteiger partial charge is 0.396 e. The summed E-state index contributed by atoms with van der Waals surface area (Å²) in [5.74, 6) is 0. The van der Waals surface area contributed by atoms with Crippen LogP contribution in [0.3, 0.4) is 0 Å². The van der Waals surface area contributed by atoms with Gasteiger partial charge in [-0.1, -0.05) is 17.7 Å². The van der Waals surface area contributed by atoms with E-state index in [4.69, 9.17) is 17.3 Å². The molecule has 0 bridgehead atoms. The Hall–Kier alpha value is -2.14. The second-order valence-electron chi connectivity index (χ2n) is 5.05. The van der Waals surface area contributed by atoms with Crippen LogP contribution in [0.4, 0.5) is 37.7 Å². The molecule has 12 heteroatoms. The summed E-state index contributed by atoms with van der Waals surface area (Å²) < 4.78 is 103. The maximum Gasteiger partial charge on any atom is 0.416 e. The van der Waals surface area contributed by atoms with Crippen molar-refractivity contribution in [3.8, 4) is 0 Å². The fourth-order valence-electron chi connectivity index (χ4n) is 1.98. The van der Waals surface area contributed by atoms with Crippen LogP contribution in [-0.4, -0.2) is 8.42 Å². The summed E-state index contributed by atoms with van der Waals surface area (Å²) in [4.78, 5) is -0.587. The Morgan fingerprint density at radius 1 is 0.923 bits per heavy atom. The van der Waals surface area contributed by atoms with Crippen LogP contribution >= 0.6 is 11.6 Å². The molecule has 0 radical (unpaired) electrons. The summed E-state index contributed by atoms with van der Waals surface area (Å²) in [6, 6.07) is 3.84. The number of anilines is 2. The van der Waals surface area contributed by atoms with Gasteiger partial charge >= 0.3 is 12.4 Å². The molecule has 2 rings (SSSR count). The summed E-state index contributed by atoms with van der Waals surface area (Å²) in [6.45, 7) is 0. The standard InChI is InChI=1S/C14H9ClF6N2O2S/c15-10-2-1-3-11(12(10)22)26(24,25)23-9-5-7(13(16,17)18)4-8(6-9)14(19,20)21/h1-6,23H,22H2. The molecule has 0 atom stereocenters. The number of nitrogen functional groups attached to an aromatic ring is 1. The van der Waals surface area contributed by atoms with Crippen molar-refractivity contribution in [3.05, 3.63) is 52.5 Å². The number of alkyl halides is 6. The highest BCUT2D eigenvalue weighted by atomic mass is 35.5. The van der Waals surface area contributed by atoms with Gasteiger partial charge in [0.1, 0.15) is 4.90 Å². The Bertz CT molecular complexity index is 909. The molecule has 0 unspecified atom stereocenters. The van der Waals surface area contributed by atoms with E-state index in [9.17, 15) is 34.8 Å². The van der Waals surface area contributed by atoms with Crippen LogP contribution in [0.25, 0.3) is 0 Å². The predicted molar refractivity (Wildman–Crippen MR) is 83.1 cm³/mol. The van der Waals surface area contributed by atoms with E-state index in [1.165, 1.54) is 12.1 Å². The van der Waals surface area contributed by atoms with Gasteiger partial charge in [-0.2, -0.15) is 26.3 Å². The first kappa shape index (κ1) is 20.2. The molecule has 2 aromatic rings. The summed E-state index contributed by atoms with van der Waals surface area (Å²) >= 11 is 5.68. The van der Waals surface area contributed by atoms with Gasteiger partial charge in [-0.05, 0) is 30.3 Å². The van der Waals surface area contributed by atoms with Gasteiger partial charge in [0.2, 0.25) is 0 Å². The molecule has 26 heavy (non-hydrogen) atoms. The van der Waals surface area contributed by atoms with E-state index in [-0.39, 0.29) is 23.2 Å². The summed E-state index contributed by atoms with van der Waals surface area (Å²) in [7, 11) is -4.59. The Kier molecular flexibility index (Phi) is 5.08. The second-order valence-corrected chi connectivity index (χ2v) is 7.11. The number of rotatable bonds is 3. The number of hydrogen-bond donors (Lipinski definition) is 2. The lowest BCUT2D eigenvalue weighted by atomic mass is 10.1. The first-order valence-electron chi connectivity index (χ1n) is 6.58. The molecule has 0 aromatic heterocycles. The minimum atomic E-state index is -5.11. The number of halogens is 7. The van der Waals surface area contributed by atoms with Gasteiger partial charge in [-0.25, -0.2) is 8.42 Å². The molecule has 0 spiro atoms. The topological polar surface area (TPSA) is 72.2 Å². The van der Waals surface area contributed by atoms with Crippen molar-refractivity contribution in [1.82, 2.24) is 0 Å². The zero-order valence-corrected chi connectivity index (χ0v) is 14.0. The molecule has 0 aliphatic heterocycles. The van der Waals surface area contributed by atoms with Crippen LogP contribution in [0.15, 0.2) is 41.3 Å². The van der Waals surface area contributed by atoms with E-state index >= 15 is 0 Å². The van der Waals surface area contributed by atoms with Crippen molar-refractivity contribution < 1.29 is 34.8 Å². The third-order valence-corrected chi connectivity index (χ3v) is 4.91. The van der Waals surface area contributed by atoms with E-state index in [1.807, 2.05) is 0 Å². The van der Waals surface area contributed by atoms with Crippen molar-refractivity contribution >= 4 is 33.0 Å². The molecule has 3 N–H and O–H groups in total. The van der Waals surface area contributed by atoms with Crippen LogP contribution < -0.4 is 10.5 Å². The molecule has 142 valence electrons. The van der Waals surface area contributed by atoms with Crippen LogP contribution in [0.1, 0.15) is 11.1 Å². The van der Waals surface area contributed by atoms with Crippen LogP contribution in [0.2, 0.25) is 5.02 Å². The second kappa shape index (κ2) is 6.54. The average molecular weight is 419 g/mol. The Morgan fingerprint density at radius 3 is 1.88 bits per heavy atom. The molecule has 0 fully saturated rings. The van der Waals surface area contributed by atoms with Gasteiger partial charge < -0.3 is 5.73 Å². The van der Waals surface area contributed by atoms with Gasteiger partial charge in [-0.3, -0.25) is 4.72 Å². The number of nitrogens with one attached hydrogen (secondary N) is 1. The molecule has 0 heterocycles. The van der Waals surface area contributed by atoms with Gasteiger partial charge in [0.25, 0.3) is 10.0 Å². The Labute approximate surface area is 148 Å². The number of para-hydroxylation sites is 1. The number of hydrogen-bond acceptors (Lipinski definition) is 3. The quantitative estimate of drug-likeness (QED) is 0.557. The van der Waals surface area contributed by atoms with E-state index in [1.54, 1.807) is 4.72 Å². The van der Waals surface area contributed by atoms with Crippen molar-refractivity contribution in [1.29, 1.82) is 0 Å². The lowest BCUT2D eigenvalue weighted by Gasteiger charge is -2.16. The van der Waals surface area contributed by atoms with Crippen LogP contribution in [-0.2, 0) is 22.4 Å². The molecular weight excluding hydrogens is 410 g/mol. The SMILES string of the molecule is Nc1c(Cl)cccc1S(=O)(=O)Nc1cc(C(F)(F)F)cc(C(F)(F)F)c1. The predicted octanol–water partition coefficient (Wildman–Crippen LogP) is 4.76. The largest absolute Gasteiger partial charge is 0.416 e. The van der Waals surface area contributed by atoms with Crippen LogP contribution in [0, 0.1) is 0 Å². The molecule has 0 aliphatic carbocycles. The van der Waals surface area contributed by atoms with Gasteiger partial charge in [0.05, 0.1) is 27.5 Å². The van der Waals surface area contributed by atoms with E-state index in [0.717, 1.165) is 6.07 Å². The minimum Gasteiger partial charge on any atom is -0.396 e. The number of benzene rings is 2. The summed E-state index contributed by atoms with van der Waals surface area (Å²) in [5.41, 5.74) is 0.861. The fraction of sp³-hybridized carbons (Fsp3) is 0.143. The third kappa shape index (κ3) is 4.33. The molecule has 0 saturated carbocycles. The van der Waals surface area contributed by atoms with Gasteiger partial charge in [0.15, 0.2) is 0 Å². The highest BCUT2D eigenvalue weighted by Crippen LogP contribution is 2.38. The molecule has 0 amide bonds. The maximum absolute atomic E-state index is 12.8. The molecular formula is C14H9ClF6N2O2S. The van der Waals surface area contributed by atoms with Crippen molar-refractivity contribution in [2.45, 2.75) is 17.2 Å². The number of nitrogens with two attached hydrogens (primary N) is 1. The molecule has 2 aromatic carbocycles.